The Morgan fingerprint density at radius 1 is 1.53 bits per heavy atom. The molecule has 0 aromatic carbocycles. The van der Waals surface area contributed by atoms with Gasteiger partial charge in [0.05, 0.1) is 23.3 Å². The normalized spacial score (nSPS) is 12.7. The van der Waals surface area contributed by atoms with Gasteiger partial charge in [-0.25, -0.2) is 4.98 Å². The zero-order valence-corrected chi connectivity index (χ0v) is 11.6. The summed E-state index contributed by atoms with van der Waals surface area (Å²) in [4.78, 5) is 16.7. The van der Waals surface area contributed by atoms with Crippen LogP contribution in [0.1, 0.15) is 28.7 Å². The summed E-state index contributed by atoms with van der Waals surface area (Å²) in [6.07, 6.45) is 0. The van der Waals surface area contributed by atoms with Gasteiger partial charge in [0.15, 0.2) is 5.65 Å². The molecule has 1 unspecified atom stereocenters. The molecule has 1 atom stereocenters. The molecule has 2 rings (SSSR count). The van der Waals surface area contributed by atoms with Crippen LogP contribution in [0, 0.1) is 13.8 Å². The number of nitrogens with one attached hydrogen (secondary N) is 1. The van der Waals surface area contributed by atoms with E-state index in [1.165, 1.54) is 0 Å². The lowest BCUT2D eigenvalue weighted by Crippen LogP contribution is -2.35. The number of aliphatic hydroxyl groups is 1. The van der Waals surface area contributed by atoms with E-state index in [2.05, 4.69) is 15.4 Å². The number of pyridine rings is 1. The molecule has 102 valence electrons. The van der Waals surface area contributed by atoms with Crippen molar-refractivity contribution in [1.82, 2.24) is 20.1 Å². The Morgan fingerprint density at radius 2 is 2.21 bits per heavy atom. The van der Waals surface area contributed by atoms with Crippen molar-refractivity contribution in [3.63, 3.8) is 0 Å². The Morgan fingerprint density at radius 3 is 2.84 bits per heavy atom. The molecule has 0 saturated heterocycles. The van der Waals surface area contributed by atoms with Crippen LogP contribution in [0.25, 0.3) is 11.0 Å². The number of nitrogens with zero attached hydrogens (tertiary/aromatic N) is 3. The minimum absolute atomic E-state index is 0.0923. The predicted molar refractivity (Wildman–Crippen MR) is 72.0 cm³/mol. The lowest BCUT2D eigenvalue weighted by Gasteiger charge is -2.12. The first-order valence-corrected chi connectivity index (χ1v) is 6.16. The molecule has 0 aliphatic rings. The van der Waals surface area contributed by atoms with Crippen LogP contribution in [-0.2, 0) is 7.05 Å². The monoisotopic (exact) mass is 262 g/mol. The highest BCUT2D eigenvalue weighted by atomic mass is 16.3. The third-order valence-corrected chi connectivity index (χ3v) is 2.99. The number of aryl methyl sites for hydroxylation is 3. The first-order chi connectivity index (χ1) is 8.93. The highest BCUT2D eigenvalue weighted by molar-refractivity contribution is 6.06. The fraction of sp³-hybridized carbons (Fsp3) is 0.462. The van der Waals surface area contributed by atoms with Gasteiger partial charge in [0.1, 0.15) is 0 Å². The van der Waals surface area contributed by atoms with Gasteiger partial charge in [0.2, 0.25) is 0 Å². The van der Waals surface area contributed by atoms with Gasteiger partial charge in [-0.1, -0.05) is 0 Å². The van der Waals surface area contributed by atoms with Crippen LogP contribution < -0.4 is 5.32 Å². The average molecular weight is 262 g/mol. The molecule has 0 fully saturated rings. The van der Waals surface area contributed by atoms with Crippen LogP contribution >= 0.6 is 0 Å². The lowest BCUT2D eigenvalue weighted by atomic mass is 10.1. The van der Waals surface area contributed by atoms with Gasteiger partial charge in [-0.15, -0.1) is 0 Å². The van der Waals surface area contributed by atoms with Crippen LogP contribution in [0.4, 0.5) is 0 Å². The summed E-state index contributed by atoms with van der Waals surface area (Å²) in [5.74, 6) is -0.215. The molecular formula is C13H18N4O2. The molecule has 6 nitrogen and oxygen atoms in total. The molecule has 0 radical (unpaired) electrons. The SMILES string of the molecule is Cc1cc(C(=O)NC(C)CO)c2c(C)nn(C)c2n1. The molecule has 0 saturated carbocycles. The highest BCUT2D eigenvalue weighted by Gasteiger charge is 2.18. The summed E-state index contributed by atoms with van der Waals surface area (Å²) in [5.41, 5.74) is 2.77. The van der Waals surface area contributed by atoms with E-state index in [9.17, 15) is 4.79 Å². The van der Waals surface area contributed by atoms with Crippen molar-refractivity contribution in [2.75, 3.05) is 6.61 Å². The van der Waals surface area contributed by atoms with Gasteiger partial charge < -0.3 is 10.4 Å². The molecule has 2 aromatic rings. The second kappa shape index (κ2) is 4.97. The van der Waals surface area contributed by atoms with Gasteiger partial charge >= 0.3 is 0 Å². The van der Waals surface area contributed by atoms with E-state index >= 15 is 0 Å². The number of carbonyl (C=O) groups excluding carboxylic acids is 1. The number of carbonyl (C=O) groups is 1. The lowest BCUT2D eigenvalue weighted by molar-refractivity contribution is 0.0924. The van der Waals surface area contributed by atoms with Gasteiger partial charge in [-0.3, -0.25) is 9.48 Å². The minimum atomic E-state index is -0.284. The second-order valence-electron chi connectivity index (χ2n) is 4.78. The summed E-state index contributed by atoms with van der Waals surface area (Å²) in [6.45, 7) is 5.35. The Hall–Kier alpha value is -1.95. The molecule has 2 aromatic heterocycles. The maximum absolute atomic E-state index is 12.3. The van der Waals surface area contributed by atoms with E-state index in [0.717, 1.165) is 16.8 Å². The van der Waals surface area contributed by atoms with Crippen molar-refractivity contribution in [1.29, 1.82) is 0 Å². The molecule has 0 bridgehead atoms. The number of hydrogen-bond donors (Lipinski definition) is 2. The van der Waals surface area contributed by atoms with Crippen molar-refractivity contribution in [2.24, 2.45) is 7.05 Å². The maximum atomic E-state index is 12.3. The van der Waals surface area contributed by atoms with Gasteiger partial charge in [0, 0.05) is 18.8 Å². The summed E-state index contributed by atoms with van der Waals surface area (Å²) in [6, 6.07) is 1.46. The standard InChI is InChI=1S/C13H18N4O2/c1-7-5-10(13(19)15-8(2)6-18)11-9(3)16-17(4)12(11)14-7/h5,8,18H,6H2,1-4H3,(H,15,19). The Kier molecular flexibility index (Phi) is 3.53. The van der Waals surface area contributed by atoms with Crippen LogP contribution in [-0.4, -0.2) is 38.4 Å². The van der Waals surface area contributed by atoms with Gasteiger partial charge in [-0.05, 0) is 26.8 Å². The third kappa shape index (κ3) is 2.44. The number of fused-ring (bicyclic) bond motifs is 1. The second-order valence-corrected chi connectivity index (χ2v) is 4.78. The van der Waals surface area contributed by atoms with E-state index in [0.29, 0.717) is 11.2 Å². The van der Waals surface area contributed by atoms with Crippen LogP contribution in [0.15, 0.2) is 6.07 Å². The van der Waals surface area contributed by atoms with Crippen molar-refractivity contribution >= 4 is 16.9 Å². The van der Waals surface area contributed by atoms with Crippen LogP contribution in [0.3, 0.4) is 0 Å². The zero-order valence-electron chi connectivity index (χ0n) is 11.6. The fourth-order valence-electron chi connectivity index (χ4n) is 2.10. The number of hydrogen-bond acceptors (Lipinski definition) is 4. The van der Waals surface area contributed by atoms with E-state index in [1.54, 1.807) is 24.7 Å². The van der Waals surface area contributed by atoms with Crippen molar-refractivity contribution in [3.05, 3.63) is 23.0 Å². The smallest absolute Gasteiger partial charge is 0.252 e. The molecule has 0 aliphatic heterocycles. The summed E-state index contributed by atoms with van der Waals surface area (Å²) < 4.78 is 1.67. The Bertz CT molecular complexity index is 633. The van der Waals surface area contributed by atoms with E-state index < -0.39 is 0 Å². The summed E-state index contributed by atoms with van der Waals surface area (Å²) >= 11 is 0. The van der Waals surface area contributed by atoms with Crippen molar-refractivity contribution in [3.8, 4) is 0 Å². The molecule has 6 heteroatoms. The topological polar surface area (TPSA) is 80.0 Å². The third-order valence-electron chi connectivity index (χ3n) is 2.99. The largest absolute Gasteiger partial charge is 0.394 e. The molecule has 19 heavy (non-hydrogen) atoms. The molecule has 1 amide bonds. The quantitative estimate of drug-likeness (QED) is 0.853. The number of amides is 1. The van der Waals surface area contributed by atoms with Crippen LogP contribution in [0.5, 0.6) is 0 Å². The summed E-state index contributed by atoms with van der Waals surface area (Å²) in [5, 5.41) is 16.8. The van der Waals surface area contributed by atoms with E-state index in [1.807, 2.05) is 13.8 Å². The first-order valence-electron chi connectivity index (χ1n) is 6.16. The average Bonchev–Trinajstić information content (AvgIpc) is 2.63. The Balaban J connectivity index is 2.56. The van der Waals surface area contributed by atoms with Gasteiger partial charge in [-0.2, -0.15) is 5.10 Å². The number of aliphatic hydroxyl groups excluding tert-OH is 1. The van der Waals surface area contributed by atoms with Crippen LogP contribution in [0.2, 0.25) is 0 Å². The Labute approximate surface area is 111 Å². The molecular weight excluding hydrogens is 244 g/mol. The maximum Gasteiger partial charge on any atom is 0.252 e. The van der Waals surface area contributed by atoms with Crippen molar-refractivity contribution in [2.45, 2.75) is 26.8 Å². The van der Waals surface area contributed by atoms with Crippen molar-refractivity contribution < 1.29 is 9.90 Å². The fourth-order valence-corrected chi connectivity index (χ4v) is 2.10. The van der Waals surface area contributed by atoms with Gasteiger partial charge in [0.25, 0.3) is 5.91 Å². The number of rotatable bonds is 3. The minimum Gasteiger partial charge on any atom is -0.394 e. The molecule has 0 spiro atoms. The summed E-state index contributed by atoms with van der Waals surface area (Å²) in [7, 11) is 1.81. The highest BCUT2D eigenvalue weighted by Crippen LogP contribution is 2.21. The van der Waals surface area contributed by atoms with E-state index in [4.69, 9.17) is 5.11 Å². The number of aromatic nitrogens is 3. The van der Waals surface area contributed by atoms with E-state index in [-0.39, 0.29) is 18.6 Å². The molecule has 0 aliphatic carbocycles. The molecule has 2 heterocycles. The first kappa shape index (κ1) is 13.5. The molecule has 2 N–H and O–H groups in total. The predicted octanol–water partition coefficient (Wildman–Crippen LogP) is 0.696. The zero-order chi connectivity index (χ0) is 14.2.